The Morgan fingerprint density at radius 3 is 2.79 bits per heavy atom. The van der Waals surface area contributed by atoms with Crippen LogP contribution in [-0.4, -0.2) is 6.10 Å². The van der Waals surface area contributed by atoms with E-state index in [1.807, 2.05) is 0 Å². The summed E-state index contributed by atoms with van der Waals surface area (Å²) in [5.41, 5.74) is 3.93. The van der Waals surface area contributed by atoms with Gasteiger partial charge in [0.15, 0.2) is 0 Å². The molecular formula is C16H14BrNO. The maximum atomic E-state index is 6.05. The Morgan fingerprint density at radius 2 is 1.95 bits per heavy atom. The van der Waals surface area contributed by atoms with Gasteiger partial charge in [-0.15, -0.1) is 0 Å². The van der Waals surface area contributed by atoms with Gasteiger partial charge in [-0.3, -0.25) is 4.84 Å². The zero-order valence-electron chi connectivity index (χ0n) is 10.4. The SMILES string of the molecule is Brc1ccc2c(c1)C[C@@H]1C[C@@H](c3ccccc3)N2O1. The largest absolute Gasteiger partial charge is 0.269 e. The molecule has 19 heavy (non-hydrogen) atoms. The lowest BCUT2D eigenvalue weighted by Crippen LogP contribution is -2.27. The van der Waals surface area contributed by atoms with Crippen LogP contribution >= 0.6 is 15.9 Å². The van der Waals surface area contributed by atoms with Crippen LogP contribution in [0.4, 0.5) is 5.69 Å². The van der Waals surface area contributed by atoms with Crippen LogP contribution in [0.3, 0.4) is 0 Å². The molecule has 0 aliphatic carbocycles. The summed E-state index contributed by atoms with van der Waals surface area (Å²) in [6, 6.07) is 17.4. The van der Waals surface area contributed by atoms with Crippen molar-refractivity contribution in [3.05, 3.63) is 64.1 Å². The van der Waals surface area contributed by atoms with Crippen LogP contribution in [0.2, 0.25) is 0 Å². The van der Waals surface area contributed by atoms with E-state index in [9.17, 15) is 0 Å². The lowest BCUT2D eigenvalue weighted by Gasteiger charge is -2.30. The molecule has 2 heterocycles. The van der Waals surface area contributed by atoms with Gasteiger partial charge in [-0.1, -0.05) is 46.3 Å². The second-order valence-corrected chi connectivity index (χ2v) is 6.11. The molecule has 2 bridgehead atoms. The minimum Gasteiger partial charge on any atom is -0.269 e. The lowest BCUT2D eigenvalue weighted by atomic mass is 10.0. The van der Waals surface area contributed by atoms with Crippen molar-refractivity contribution in [2.24, 2.45) is 0 Å². The molecule has 1 saturated heterocycles. The van der Waals surface area contributed by atoms with Crippen LogP contribution in [0.15, 0.2) is 53.0 Å². The zero-order valence-corrected chi connectivity index (χ0v) is 12.0. The van der Waals surface area contributed by atoms with E-state index in [0.717, 1.165) is 17.3 Å². The highest BCUT2D eigenvalue weighted by molar-refractivity contribution is 9.10. The van der Waals surface area contributed by atoms with Gasteiger partial charge in [0.1, 0.15) is 0 Å². The zero-order chi connectivity index (χ0) is 12.8. The normalized spacial score (nSPS) is 24.4. The molecule has 2 nitrogen and oxygen atoms in total. The molecule has 1 fully saturated rings. The van der Waals surface area contributed by atoms with Crippen LogP contribution in [-0.2, 0) is 11.3 Å². The van der Waals surface area contributed by atoms with Gasteiger partial charge in [-0.05, 0) is 29.3 Å². The summed E-state index contributed by atoms with van der Waals surface area (Å²) >= 11 is 3.55. The summed E-state index contributed by atoms with van der Waals surface area (Å²) < 4.78 is 1.14. The van der Waals surface area contributed by atoms with Gasteiger partial charge in [-0.25, -0.2) is 5.06 Å². The number of fused-ring (bicyclic) bond motifs is 4. The predicted octanol–water partition coefficient (Wildman–Crippen LogP) is 4.26. The highest BCUT2D eigenvalue weighted by atomic mass is 79.9. The first-order chi connectivity index (χ1) is 9.31. The number of hydrogen-bond acceptors (Lipinski definition) is 2. The van der Waals surface area contributed by atoms with Crippen molar-refractivity contribution >= 4 is 21.6 Å². The second-order valence-electron chi connectivity index (χ2n) is 5.19. The number of anilines is 1. The van der Waals surface area contributed by atoms with Crippen molar-refractivity contribution in [2.45, 2.75) is 25.0 Å². The molecule has 0 N–H and O–H groups in total. The highest BCUT2D eigenvalue weighted by Gasteiger charge is 2.39. The summed E-state index contributed by atoms with van der Waals surface area (Å²) in [7, 11) is 0. The Labute approximate surface area is 121 Å². The molecule has 2 aromatic carbocycles. The summed E-state index contributed by atoms with van der Waals surface area (Å²) in [4.78, 5) is 6.05. The average Bonchev–Trinajstić information content (AvgIpc) is 2.78. The molecule has 0 saturated carbocycles. The van der Waals surface area contributed by atoms with E-state index < -0.39 is 0 Å². The van der Waals surface area contributed by atoms with Crippen LogP contribution < -0.4 is 5.06 Å². The van der Waals surface area contributed by atoms with Gasteiger partial charge in [0.05, 0.1) is 17.8 Å². The molecule has 2 aliphatic heterocycles. The van der Waals surface area contributed by atoms with E-state index in [4.69, 9.17) is 4.84 Å². The monoisotopic (exact) mass is 315 g/mol. The highest BCUT2D eigenvalue weighted by Crippen LogP contribution is 2.45. The van der Waals surface area contributed by atoms with Crippen molar-refractivity contribution in [3.8, 4) is 0 Å². The van der Waals surface area contributed by atoms with Gasteiger partial charge in [0.25, 0.3) is 0 Å². The number of benzene rings is 2. The van der Waals surface area contributed by atoms with Crippen LogP contribution in [0, 0.1) is 0 Å². The summed E-state index contributed by atoms with van der Waals surface area (Å²) in [6.45, 7) is 0. The van der Waals surface area contributed by atoms with E-state index in [1.165, 1.54) is 16.8 Å². The van der Waals surface area contributed by atoms with E-state index in [1.54, 1.807) is 0 Å². The number of halogens is 1. The van der Waals surface area contributed by atoms with E-state index >= 15 is 0 Å². The molecule has 0 unspecified atom stereocenters. The minimum atomic E-state index is 0.312. The Morgan fingerprint density at radius 1 is 1.11 bits per heavy atom. The molecule has 2 aromatic rings. The Balaban J connectivity index is 1.77. The van der Waals surface area contributed by atoms with Crippen molar-refractivity contribution in [1.29, 1.82) is 0 Å². The van der Waals surface area contributed by atoms with Gasteiger partial charge >= 0.3 is 0 Å². The Kier molecular flexibility index (Phi) is 2.64. The molecule has 3 heteroatoms. The molecule has 2 atom stereocenters. The minimum absolute atomic E-state index is 0.312. The smallest absolute Gasteiger partial charge is 0.0921 e. The number of hydroxylamine groups is 1. The summed E-state index contributed by atoms with van der Waals surface area (Å²) in [5, 5.41) is 2.10. The van der Waals surface area contributed by atoms with Crippen molar-refractivity contribution < 1.29 is 4.84 Å². The van der Waals surface area contributed by atoms with Crippen molar-refractivity contribution in [2.75, 3.05) is 5.06 Å². The average molecular weight is 316 g/mol. The number of rotatable bonds is 1. The standard InChI is InChI=1S/C16H14BrNO/c17-13-6-7-15-12(8-13)9-14-10-16(18(15)19-14)11-4-2-1-3-5-11/h1-8,14,16H,9-10H2/t14-,16+/m1/s1. The van der Waals surface area contributed by atoms with Gasteiger partial charge in [-0.2, -0.15) is 0 Å². The molecule has 0 radical (unpaired) electrons. The van der Waals surface area contributed by atoms with E-state index in [-0.39, 0.29) is 0 Å². The predicted molar refractivity (Wildman–Crippen MR) is 79.0 cm³/mol. The third-order valence-corrected chi connectivity index (χ3v) is 4.44. The van der Waals surface area contributed by atoms with Gasteiger partial charge < -0.3 is 0 Å². The topological polar surface area (TPSA) is 12.5 Å². The quantitative estimate of drug-likeness (QED) is 0.779. The van der Waals surface area contributed by atoms with Crippen LogP contribution in [0.5, 0.6) is 0 Å². The summed E-state index contributed by atoms with van der Waals surface area (Å²) in [6.07, 6.45) is 2.39. The van der Waals surface area contributed by atoms with Crippen LogP contribution in [0.25, 0.3) is 0 Å². The molecule has 0 spiro atoms. The van der Waals surface area contributed by atoms with Gasteiger partial charge in [0, 0.05) is 17.3 Å². The van der Waals surface area contributed by atoms with Gasteiger partial charge in [0.2, 0.25) is 0 Å². The molecule has 96 valence electrons. The fourth-order valence-corrected chi connectivity index (χ4v) is 3.50. The first kappa shape index (κ1) is 11.5. The van der Waals surface area contributed by atoms with E-state index in [0.29, 0.717) is 12.1 Å². The molecule has 0 amide bonds. The lowest BCUT2D eigenvalue weighted by molar-refractivity contribution is 0.0734. The molecule has 2 aliphatic rings. The molecule has 4 rings (SSSR count). The van der Waals surface area contributed by atoms with E-state index in [2.05, 4.69) is 69.5 Å². The first-order valence-corrected chi connectivity index (χ1v) is 7.40. The summed E-state index contributed by atoms with van der Waals surface area (Å²) in [5.74, 6) is 0. The Bertz CT molecular complexity index is 613. The third kappa shape index (κ3) is 1.88. The third-order valence-electron chi connectivity index (χ3n) is 3.94. The molecule has 0 aromatic heterocycles. The van der Waals surface area contributed by atoms with Crippen LogP contribution in [0.1, 0.15) is 23.6 Å². The fraction of sp³-hybridized carbons (Fsp3) is 0.250. The number of hydrogen-bond donors (Lipinski definition) is 0. The Hall–Kier alpha value is -1.32. The first-order valence-electron chi connectivity index (χ1n) is 6.60. The van der Waals surface area contributed by atoms with Crippen molar-refractivity contribution in [1.82, 2.24) is 0 Å². The second kappa shape index (κ2) is 4.36. The fourth-order valence-electron chi connectivity index (χ4n) is 3.09. The number of nitrogens with zero attached hydrogens (tertiary/aromatic N) is 1. The van der Waals surface area contributed by atoms with Crippen molar-refractivity contribution in [3.63, 3.8) is 0 Å². The maximum Gasteiger partial charge on any atom is 0.0921 e. The maximum absolute atomic E-state index is 6.05. The molecular weight excluding hydrogens is 302 g/mol.